The van der Waals surface area contributed by atoms with E-state index in [4.69, 9.17) is 9.47 Å². The Labute approximate surface area is 171 Å². The first kappa shape index (κ1) is 20.6. The van der Waals surface area contributed by atoms with Crippen molar-refractivity contribution >= 4 is 35.0 Å². The lowest BCUT2D eigenvalue weighted by atomic mass is 10.1. The Morgan fingerprint density at radius 1 is 1.14 bits per heavy atom. The second-order valence-corrected chi connectivity index (χ2v) is 6.98. The van der Waals surface area contributed by atoms with Gasteiger partial charge in [0.2, 0.25) is 0 Å². The number of nitrogens with zero attached hydrogens (tertiary/aromatic N) is 1. The monoisotopic (exact) mass is 415 g/mol. The summed E-state index contributed by atoms with van der Waals surface area (Å²) in [6.45, 7) is 1.39. The number of carbonyl (C=O) groups excluding carboxylic acids is 3. The van der Waals surface area contributed by atoms with Crippen LogP contribution in [0.25, 0.3) is 6.08 Å². The highest BCUT2D eigenvalue weighted by molar-refractivity contribution is 8.18. The first-order chi connectivity index (χ1) is 14.0. The Bertz CT molecular complexity index is 975. The minimum absolute atomic E-state index is 0.0157. The fourth-order valence-electron chi connectivity index (χ4n) is 2.62. The summed E-state index contributed by atoms with van der Waals surface area (Å²) in [5.74, 6) is -1.15. The minimum Gasteiger partial charge on any atom is -0.488 e. The molecule has 0 bridgehead atoms. The molecule has 2 amide bonds. The summed E-state index contributed by atoms with van der Waals surface area (Å²) < 4.78 is 24.3. The van der Waals surface area contributed by atoms with Gasteiger partial charge in [0.25, 0.3) is 11.1 Å². The van der Waals surface area contributed by atoms with Crippen LogP contribution >= 0.6 is 11.8 Å². The van der Waals surface area contributed by atoms with Crippen molar-refractivity contribution in [2.24, 2.45) is 0 Å². The molecule has 0 aromatic heterocycles. The minimum atomic E-state index is -0.648. The number of esters is 1. The van der Waals surface area contributed by atoms with Gasteiger partial charge >= 0.3 is 5.97 Å². The van der Waals surface area contributed by atoms with Gasteiger partial charge in [-0.3, -0.25) is 19.3 Å². The van der Waals surface area contributed by atoms with E-state index in [1.807, 2.05) is 0 Å². The molecule has 0 N–H and O–H groups in total. The number of hydrogen-bond donors (Lipinski definition) is 0. The SMILES string of the molecule is CCOC(=O)CN1C(=O)SC(=Cc2ccccc2OCc2ccccc2F)C1=O. The maximum atomic E-state index is 13.8. The van der Waals surface area contributed by atoms with Crippen LogP contribution in [0.4, 0.5) is 9.18 Å². The first-order valence-corrected chi connectivity index (χ1v) is 9.67. The Morgan fingerprint density at radius 2 is 1.86 bits per heavy atom. The molecule has 1 aliphatic heterocycles. The number of rotatable bonds is 7. The van der Waals surface area contributed by atoms with Crippen molar-refractivity contribution in [3.8, 4) is 5.75 Å². The van der Waals surface area contributed by atoms with E-state index in [-0.39, 0.29) is 23.9 Å². The van der Waals surface area contributed by atoms with Gasteiger partial charge < -0.3 is 9.47 Å². The van der Waals surface area contributed by atoms with Gasteiger partial charge in [-0.2, -0.15) is 0 Å². The molecule has 0 unspecified atom stereocenters. The third kappa shape index (κ3) is 5.03. The molecule has 8 heteroatoms. The van der Waals surface area contributed by atoms with E-state index in [0.29, 0.717) is 16.9 Å². The molecule has 150 valence electrons. The van der Waals surface area contributed by atoms with Crippen LogP contribution in [0.15, 0.2) is 53.4 Å². The zero-order chi connectivity index (χ0) is 20.8. The van der Waals surface area contributed by atoms with Gasteiger partial charge in [0, 0.05) is 11.1 Å². The summed E-state index contributed by atoms with van der Waals surface area (Å²) in [6, 6.07) is 13.2. The van der Waals surface area contributed by atoms with Crippen LogP contribution in [-0.4, -0.2) is 35.2 Å². The zero-order valence-electron chi connectivity index (χ0n) is 15.6. The van der Waals surface area contributed by atoms with E-state index >= 15 is 0 Å². The molecule has 0 spiro atoms. The Hall–Kier alpha value is -3.13. The molecular formula is C21H18FNO5S. The number of benzene rings is 2. The number of amides is 2. The molecule has 1 saturated heterocycles. The van der Waals surface area contributed by atoms with Crippen LogP contribution in [0.5, 0.6) is 5.75 Å². The second kappa shape index (κ2) is 9.38. The Kier molecular flexibility index (Phi) is 6.66. The average Bonchev–Trinajstić information content (AvgIpc) is 2.96. The van der Waals surface area contributed by atoms with Crippen LogP contribution in [0.1, 0.15) is 18.1 Å². The number of para-hydroxylation sites is 1. The Balaban J connectivity index is 1.77. The lowest BCUT2D eigenvalue weighted by Gasteiger charge is -2.11. The third-order valence-electron chi connectivity index (χ3n) is 4.01. The van der Waals surface area contributed by atoms with Crippen molar-refractivity contribution in [2.45, 2.75) is 13.5 Å². The van der Waals surface area contributed by atoms with Crippen LogP contribution < -0.4 is 4.74 Å². The van der Waals surface area contributed by atoms with Crippen molar-refractivity contribution in [1.29, 1.82) is 0 Å². The molecule has 0 saturated carbocycles. The summed E-state index contributed by atoms with van der Waals surface area (Å²) in [4.78, 5) is 37.2. The summed E-state index contributed by atoms with van der Waals surface area (Å²) in [6.07, 6.45) is 1.52. The quantitative estimate of drug-likeness (QED) is 0.503. The van der Waals surface area contributed by atoms with Crippen molar-refractivity contribution in [1.82, 2.24) is 4.90 Å². The molecule has 0 atom stereocenters. The third-order valence-corrected chi connectivity index (χ3v) is 4.92. The number of imide groups is 1. The second-order valence-electron chi connectivity index (χ2n) is 5.99. The summed E-state index contributed by atoms with van der Waals surface area (Å²) in [7, 11) is 0. The van der Waals surface area contributed by atoms with Gasteiger partial charge in [0.1, 0.15) is 24.7 Å². The number of hydrogen-bond acceptors (Lipinski definition) is 6. The summed E-state index contributed by atoms with van der Waals surface area (Å²) in [5, 5.41) is -0.543. The van der Waals surface area contributed by atoms with E-state index < -0.39 is 23.7 Å². The fraction of sp³-hybridized carbons (Fsp3) is 0.190. The van der Waals surface area contributed by atoms with Gasteiger partial charge in [0.15, 0.2) is 0 Å². The Morgan fingerprint density at radius 3 is 2.62 bits per heavy atom. The van der Waals surface area contributed by atoms with Crippen LogP contribution in [0, 0.1) is 5.82 Å². The van der Waals surface area contributed by atoms with E-state index in [1.165, 1.54) is 12.1 Å². The molecule has 1 fully saturated rings. The van der Waals surface area contributed by atoms with E-state index in [1.54, 1.807) is 49.4 Å². The van der Waals surface area contributed by atoms with Crippen LogP contribution in [0.2, 0.25) is 0 Å². The highest BCUT2D eigenvalue weighted by Crippen LogP contribution is 2.34. The van der Waals surface area contributed by atoms with Crippen molar-refractivity contribution in [2.75, 3.05) is 13.2 Å². The van der Waals surface area contributed by atoms with E-state index in [2.05, 4.69) is 0 Å². The number of thioether (sulfide) groups is 1. The van der Waals surface area contributed by atoms with Gasteiger partial charge in [-0.05, 0) is 36.9 Å². The molecular weight excluding hydrogens is 397 g/mol. The molecule has 2 aromatic carbocycles. The molecule has 2 aromatic rings. The highest BCUT2D eigenvalue weighted by Gasteiger charge is 2.36. The largest absolute Gasteiger partial charge is 0.488 e. The molecule has 29 heavy (non-hydrogen) atoms. The number of ether oxygens (including phenoxy) is 2. The predicted molar refractivity (Wildman–Crippen MR) is 106 cm³/mol. The average molecular weight is 415 g/mol. The van der Waals surface area contributed by atoms with Crippen molar-refractivity contribution in [3.05, 3.63) is 70.4 Å². The molecule has 1 aliphatic rings. The van der Waals surface area contributed by atoms with Gasteiger partial charge in [-0.1, -0.05) is 36.4 Å². The number of halogens is 1. The molecule has 0 aliphatic carbocycles. The fourth-order valence-corrected chi connectivity index (χ4v) is 3.44. The summed E-state index contributed by atoms with van der Waals surface area (Å²) >= 11 is 0.738. The van der Waals surface area contributed by atoms with Crippen molar-refractivity contribution < 1.29 is 28.2 Å². The highest BCUT2D eigenvalue weighted by atomic mass is 32.2. The van der Waals surface area contributed by atoms with E-state index in [0.717, 1.165) is 16.7 Å². The standard InChI is InChI=1S/C21H18FNO5S/c1-2-27-19(24)12-23-20(25)18(29-21(23)26)11-14-7-4-6-10-17(14)28-13-15-8-3-5-9-16(15)22/h3-11H,2,12-13H2,1H3. The maximum Gasteiger partial charge on any atom is 0.326 e. The normalized spacial score (nSPS) is 15.1. The zero-order valence-corrected chi connectivity index (χ0v) is 16.4. The first-order valence-electron chi connectivity index (χ1n) is 8.85. The van der Waals surface area contributed by atoms with E-state index in [9.17, 15) is 18.8 Å². The molecule has 3 rings (SSSR count). The molecule has 6 nitrogen and oxygen atoms in total. The molecule has 1 heterocycles. The number of carbonyl (C=O) groups is 3. The van der Waals surface area contributed by atoms with Gasteiger partial charge in [0.05, 0.1) is 11.5 Å². The topological polar surface area (TPSA) is 72.9 Å². The van der Waals surface area contributed by atoms with Crippen LogP contribution in [0.3, 0.4) is 0 Å². The smallest absolute Gasteiger partial charge is 0.326 e. The lowest BCUT2D eigenvalue weighted by Crippen LogP contribution is -2.34. The van der Waals surface area contributed by atoms with Gasteiger partial charge in [-0.25, -0.2) is 4.39 Å². The summed E-state index contributed by atoms with van der Waals surface area (Å²) in [5.41, 5.74) is 0.961. The molecule has 0 radical (unpaired) electrons. The maximum absolute atomic E-state index is 13.8. The lowest BCUT2D eigenvalue weighted by molar-refractivity contribution is -0.145. The van der Waals surface area contributed by atoms with Gasteiger partial charge in [-0.15, -0.1) is 0 Å². The van der Waals surface area contributed by atoms with Crippen molar-refractivity contribution in [3.63, 3.8) is 0 Å². The van der Waals surface area contributed by atoms with Crippen LogP contribution in [-0.2, 0) is 20.9 Å². The predicted octanol–water partition coefficient (Wildman–Crippen LogP) is 4.00.